The lowest BCUT2D eigenvalue weighted by molar-refractivity contribution is 0.197. The number of hydrogen-bond acceptors (Lipinski definition) is 5. The van der Waals surface area contributed by atoms with Crippen molar-refractivity contribution < 1.29 is 9.90 Å². The summed E-state index contributed by atoms with van der Waals surface area (Å²) < 4.78 is 0.854. The van der Waals surface area contributed by atoms with Gasteiger partial charge in [-0.1, -0.05) is 0 Å². The first kappa shape index (κ1) is 14.9. The van der Waals surface area contributed by atoms with Crippen LogP contribution in [0.5, 0.6) is 0 Å². The Bertz CT molecular complexity index is 703. The van der Waals surface area contributed by atoms with Crippen molar-refractivity contribution in [3.63, 3.8) is 0 Å². The van der Waals surface area contributed by atoms with Crippen molar-refractivity contribution in [2.45, 2.75) is 18.9 Å². The van der Waals surface area contributed by atoms with Gasteiger partial charge in [0.25, 0.3) is 0 Å². The number of amides is 1. The van der Waals surface area contributed by atoms with Crippen molar-refractivity contribution in [3.05, 3.63) is 16.9 Å². The fraction of sp³-hybridized carbons (Fsp3) is 0.385. The number of aromatic nitrogens is 2. The highest BCUT2D eigenvalue weighted by atomic mass is 79.9. The van der Waals surface area contributed by atoms with E-state index in [0.717, 1.165) is 41.5 Å². The molecule has 1 saturated heterocycles. The lowest BCUT2D eigenvalue weighted by Gasteiger charge is -2.33. The quantitative estimate of drug-likeness (QED) is 0.527. The van der Waals surface area contributed by atoms with Crippen LogP contribution in [0.3, 0.4) is 0 Å². The van der Waals surface area contributed by atoms with E-state index >= 15 is 0 Å². The summed E-state index contributed by atoms with van der Waals surface area (Å²) in [5, 5.41) is 9.59. The molecule has 1 atom stereocenters. The summed E-state index contributed by atoms with van der Waals surface area (Å²) >= 11 is 3.55. The maximum atomic E-state index is 10.7. The van der Waals surface area contributed by atoms with Crippen LogP contribution in [0.1, 0.15) is 12.8 Å². The molecule has 6 N–H and O–H groups in total. The first-order valence-corrected chi connectivity index (χ1v) is 7.76. The second-order valence-electron chi connectivity index (χ2n) is 5.28. The van der Waals surface area contributed by atoms with Gasteiger partial charge in [0.1, 0.15) is 5.65 Å². The molecule has 0 unspecified atom stereocenters. The molecule has 22 heavy (non-hydrogen) atoms. The number of aromatic amines is 1. The number of nitrogens with one attached hydrogen (secondary N) is 3. The van der Waals surface area contributed by atoms with Crippen molar-refractivity contribution in [2.24, 2.45) is 5.73 Å². The summed E-state index contributed by atoms with van der Waals surface area (Å²) in [5.74, 6) is 0. The molecule has 3 rings (SSSR count). The fourth-order valence-corrected chi connectivity index (χ4v) is 3.35. The zero-order valence-corrected chi connectivity index (χ0v) is 13.4. The standard InChI is InChI=1S/C13H17BrN6O2/c14-8-4-16-12-10(9(5-17-12)18-19-13(21)22)11(8)20-3-1-2-7(15)6-20/h4-5,7,18-19H,1-3,6,15H2,(H,16,17)(H,21,22)/t7-/m1/s1. The molecule has 0 aromatic carbocycles. The number of hydrazine groups is 1. The van der Waals surface area contributed by atoms with E-state index in [-0.39, 0.29) is 6.04 Å². The van der Waals surface area contributed by atoms with Crippen LogP contribution in [-0.4, -0.2) is 40.3 Å². The molecule has 2 aromatic heterocycles. The van der Waals surface area contributed by atoms with Gasteiger partial charge in [-0.15, -0.1) is 0 Å². The Labute approximate surface area is 135 Å². The Kier molecular flexibility index (Phi) is 4.08. The Hall–Kier alpha value is -2.00. The van der Waals surface area contributed by atoms with E-state index in [4.69, 9.17) is 10.8 Å². The number of hydrogen-bond donors (Lipinski definition) is 5. The molecule has 3 heterocycles. The van der Waals surface area contributed by atoms with Gasteiger partial charge in [0.05, 0.1) is 21.2 Å². The third kappa shape index (κ3) is 2.81. The van der Waals surface area contributed by atoms with Crippen LogP contribution in [0.4, 0.5) is 16.2 Å². The lowest BCUT2D eigenvalue weighted by Crippen LogP contribution is -2.43. The molecule has 0 saturated carbocycles. The summed E-state index contributed by atoms with van der Waals surface area (Å²) in [7, 11) is 0. The summed E-state index contributed by atoms with van der Waals surface area (Å²) in [4.78, 5) is 20.3. The fourth-order valence-electron chi connectivity index (χ4n) is 2.80. The summed E-state index contributed by atoms with van der Waals surface area (Å²) in [6, 6.07) is 0.136. The summed E-state index contributed by atoms with van der Waals surface area (Å²) in [5.41, 5.74) is 13.2. The smallest absolute Gasteiger partial charge is 0.423 e. The summed E-state index contributed by atoms with van der Waals surface area (Å²) in [6.07, 6.45) is 4.31. The zero-order chi connectivity index (χ0) is 15.7. The molecular formula is C13H17BrN6O2. The molecule has 0 spiro atoms. The van der Waals surface area contributed by atoms with E-state index < -0.39 is 6.09 Å². The molecule has 8 nitrogen and oxygen atoms in total. The van der Waals surface area contributed by atoms with E-state index in [1.165, 1.54) is 0 Å². The minimum atomic E-state index is -1.15. The molecule has 0 bridgehead atoms. The average Bonchev–Trinajstić information content (AvgIpc) is 2.88. The van der Waals surface area contributed by atoms with Crippen molar-refractivity contribution in [2.75, 3.05) is 23.4 Å². The second-order valence-corrected chi connectivity index (χ2v) is 6.14. The minimum Gasteiger partial charge on any atom is -0.464 e. The van der Waals surface area contributed by atoms with Crippen molar-refractivity contribution in [3.8, 4) is 0 Å². The SMILES string of the molecule is N[C@@H]1CCCN(c2c(Br)cnc3[nH]cc(NNC(=O)O)c23)C1. The third-order valence-electron chi connectivity index (χ3n) is 3.71. The molecule has 1 aliphatic rings. The Morgan fingerprint density at radius 3 is 3.14 bits per heavy atom. The van der Waals surface area contributed by atoms with E-state index in [9.17, 15) is 4.79 Å². The van der Waals surface area contributed by atoms with Gasteiger partial charge in [0, 0.05) is 31.5 Å². The molecule has 0 radical (unpaired) electrons. The number of H-pyrrole nitrogens is 1. The van der Waals surface area contributed by atoms with Crippen molar-refractivity contribution >= 4 is 44.4 Å². The zero-order valence-electron chi connectivity index (χ0n) is 11.8. The number of pyridine rings is 1. The highest BCUT2D eigenvalue weighted by Gasteiger charge is 2.23. The normalized spacial score (nSPS) is 18.5. The van der Waals surface area contributed by atoms with Crippen LogP contribution < -0.4 is 21.5 Å². The number of carboxylic acid groups (broad SMARTS) is 1. The molecule has 1 aliphatic heterocycles. The number of fused-ring (bicyclic) bond motifs is 1. The number of carbonyl (C=O) groups is 1. The molecule has 1 amide bonds. The Balaban J connectivity index is 2.04. The molecule has 118 valence electrons. The van der Waals surface area contributed by atoms with E-state index in [0.29, 0.717) is 11.3 Å². The van der Waals surface area contributed by atoms with Crippen molar-refractivity contribution in [1.82, 2.24) is 15.4 Å². The van der Waals surface area contributed by atoms with Crippen LogP contribution in [-0.2, 0) is 0 Å². The van der Waals surface area contributed by atoms with Crippen LogP contribution in [0.25, 0.3) is 11.0 Å². The predicted molar refractivity (Wildman–Crippen MR) is 88.0 cm³/mol. The maximum absolute atomic E-state index is 10.7. The highest BCUT2D eigenvalue weighted by Crippen LogP contribution is 2.38. The van der Waals surface area contributed by atoms with E-state index in [2.05, 4.69) is 41.6 Å². The van der Waals surface area contributed by atoms with Crippen LogP contribution in [0.2, 0.25) is 0 Å². The summed E-state index contributed by atoms with van der Waals surface area (Å²) in [6.45, 7) is 1.66. The van der Waals surface area contributed by atoms with Gasteiger partial charge in [-0.05, 0) is 28.8 Å². The average molecular weight is 369 g/mol. The monoisotopic (exact) mass is 368 g/mol. The number of halogens is 1. The van der Waals surface area contributed by atoms with Gasteiger partial charge in [-0.3, -0.25) is 5.43 Å². The van der Waals surface area contributed by atoms with Gasteiger partial charge in [-0.25, -0.2) is 15.2 Å². The molecule has 2 aromatic rings. The van der Waals surface area contributed by atoms with Gasteiger partial charge in [0.15, 0.2) is 0 Å². The van der Waals surface area contributed by atoms with Crippen molar-refractivity contribution in [1.29, 1.82) is 0 Å². The predicted octanol–water partition coefficient (Wildman–Crippen LogP) is 1.85. The Morgan fingerprint density at radius 2 is 2.41 bits per heavy atom. The third-order valence-corrected chi connectivity index (χ3v) is 4.29. The van der Waals surface area contributed by atoms with E-state index in [1.54, 1.807) is 12.4 Å². The first-order valence-electron chi connectivity index (χ1n) is 6.97. The molecular weight excluding hydrogens is 352 g/mol. The molecule has 0 aliphatic carbocycles. The Morgan fingerprint density at radius 1 is 1.59 bits per heavy atom. The molecule has 9 heteroatoms. The number of nitrogens with zero attached hydrogens (tertiary/aromatic N) is 2. The molecule has 1 fully saturated rings. The highest BCUT2D eigenvalue weighted by molar-refractivity contribution is 9.10. The van der Waals surface area contributed by atoms with Gasteiger partial charge >= 0.3 is 6.09 Å². The number of nitrogens with two attached hydrogens (primary N) is 1. The lowest BCUT2D eigenvalue weighted by atomic mass is 10.1. The topological polar surface area (TPSA) is 119 Å². The number of rotatable bonds is 3. The van der Waals surface area contributed by atoms with Crippen LogP contribution in [0.15, 0.2) is 16.9 Å². The maximum Gasteiger partial charge on any atom is 0.423 e. The largest absolute Gasteiger partial charge is 0.464 e. The minimum absolute atomic E-state index is 0.136. The van der Waals surface area contributed by atoms with Gasteiger partial charge in [0.2, 0.25) is 0 Å². The van der Waals surface area contributed by atoms with E-state index in [1.807, 2.05) is 0 Å². The number of anilines is 2. The van der Waals surface area contributed by atoms with Crippen LogP contribution >= 0.6 is 15.9 Å². The first-order chi connectivity index (χ1) is 10.6. The number of piperidine rings is 1. The van der Waals surface area contributed by atoms with Gasteiger partial charge < -0.3 is 20.7 Å². The van der Waals surface area contributed by atoms with Gasteiger partial charge in [-0.2, -0.15) is 0 Å². The van der Waals surface area contributed by atoms with Crippen LogP contribution in [0, 0.1) is 0 Å². The second kappa shape index (κ2) is 6.01.